The molecule has 1 aromatic carbocycles. The summed E-state index contributed by atoms with van der Waals surface area (Å²) in [4.78, 5) is 27.4. The molecular formula is C12H8N2O5. The Hall–Kier alpha value is -2.83. The molecule has 0 fully saturated rings. The Morgan fingerprint density at radius 3 is 2.89 bits per heavy atom. The lowest BCUT2D eigenvalue weighted by atomic mass is 10.1. The lowest BCUT2D eigenvalue weighted by Crippen LogP contribution is -2.21. The van der Waals surface area contributed by atoms with Crippen molar-refractivity contribution in [3.8, 4) is 5.75 Å². The van der Waals surface area contributed by atoms with E-state index in [1.807, 2.05) is 0 Å². The highest BCUT2D eigenvalue weighted by Crippen LogP contribution is 2.23. The van der Waals surface area contributed by atoms with E-state index < -0.39 is 11.2 Å². The fraction of sp³-hybridized carbons (Fsp3) is 0.0833. The molecule has 7 nitrogen and oxygen atoms in total. The molecule has 3 aromatic rings. The monoisotopic (exact) mass is 260 g/mol. The quantitative estimate of drug-likeness (QED) is 0.394. The maximum atomic E-state index is 11.9. The lowest BCUT2D eigenvalue weighted by Gasteiger charge is -2.04. The summed E-state index contributed by atoms with van der Waals surface area (Å²) in [7, 11) is 1.48. The zero-order valence-corrected chi connectivity index (χ0v) is 9.78. The first kappa shape index (κ1) is 11.3. The van der Waals surface area contributed by atoms with Crippen LogP contribution in [-0.2, 0) is 0 Å². The predicted octanol–water partition coefficient (Wildman–Crippen LogP) is 0.749. The Morgan fingerprint density at radius 2 is 2.16 bits per heavy atom. The molecule has 2 heterocycles. The SMILES string of the molecule is COc1ccc2oc(=O)c3ncn(O)c(=O)c3c2c1. The third-order valence-electron chi connectivity index (χ3n) is 2.81. The van der Waals surface area contributed by atoms with Gasteiger partial charge in [0.1, 0.15) is 17.7 Å². The summed E-state index contributed by atoms with van der Waals surface area (Å²) in [6.45, 7) is 0. The van der Waals surface area contributed by atoms with Crippen LogP contribution in [0.5, 0.6) is 5.75 Å². The first-order chi connectivity index (χ1) is 9.11. The Kier molecular flexibility index (Phi) is 2.28. The number of aromatic nitrogens is 2. The van der Waals surface area contributed by atoms with Crippen molar-refractivity contribution in [1.29, 1.82) is 0 Å². The van der Waals surface area contributed by atoms with Gasteiger partial charge in [0.2, 0.25) is 0 Å². The second kappa shape index (κ2) is 3.84. The fourth-order valence-electron chi connectivity index (χ4n) is 1.91. The summed E-state index contributed by atoms with van der Waals surface area (Å²) < 4.78 is 10.4. The number of methoxy groups -OCH3 is 1. The molecular weight excluding hydrogens is 252 g/mol. The summed E-state index contributed by atoms with van der Waals surface area (Å²) in [5, 5.41) is 9.72. The van der Waals surface area contributed by atoms with Crippen LogP contribution < -0.4 is 15.9 Å². The average Bonchev–Trinajstić information content (AvgIpc) is 2.42. The van der Waals surface area contributed by atoms with Crippen LogP contribution >= 0.6 is 0 Å². The van der Waals surface area contributed by atoms with Gasteiger partial charge in [-0.1, -0.05) is 0 Å². The molecule has 19 heavy (non-hydrogen) atoms. The normalized spacial score (nSPS) is 11.0. The minimum absolute atomic E-state index is 0.00449. The molecule has 2 aromatic heterocycles. The molecule has 0 atom stereocenters. The number of nitrogens with zero attached hydrogens (tertiary/aromatic N) is 2. The largest absolute Gasteiger partial charge is 0.497 e. The number of hydrogen-bond donors (Lipinski definition) is 1. The van der Waals surface area contributed by atoms with Crippen LogP contribution in [0.4, 0.5) is 0 Å². The van der Waals surface area contributed by atoms with Gasteiger partial charge in [0.15, 0.2) is 5.52 Å². The Labute approximate surface area is 105 Å². The van der Waals surface area contributed by atoms with E-state index in [9.17, 15) is 14.8 Å². The van der Waals surface area contributed by atoms with Crippen molar-refractivity contribution in [2.24, 2.45) is 0 Å². The third-order valence-corrected chi connectivity index (χ3v) is 2.81. The van der Waals surface area contributed by atoms with E-state index in [0.717, 1.165) is 6.33 Å². The van der Waals surface area contributed by atoms with Gasteiger partial charge in [-0.05, 0) is 18.2 Å². The minimum atomic E-state index is -0.740. The van der Waals surface area contributed by atoms with Crippen molar-refractivity contribution in [2.75, 3.05) is 7.11 Å². The van der Waals surface area contributed by atoms with Gasteiger partial charge in [-0.25, -0.2) is 9.78 Å². The van der Waals surface area contributed by atoms with Gasteiger partial charge in [0.25, 0.3) is 5.56 Å². The van der Waals surface area contributed by atoms with Crippen LogP contribution in [-0.4, -0.2) is 22.0 Å². The molecule has 0 spiro atoms. The lowest BCUT2D eigenvalue weighted by molar-refractivity contribution is 0.173. The summed E-state index contributed by atoms with van der Waals surface area (Å²) in [6.07, 6.45) is 0.855. The van der Waals surface area contributed by atoms with Crippen molar-refractivity contribution >= 4 is 21.9 Å². The Balaban J connectivity index is 2.66. The molecule has 3 rings (SSSR count). The summed E-state index contributed by atoms with van der Waals surface area (Å²) in [5.74, 6) is 0.496. The highest BCUT2D eigenvalue weighted by Gasteiger charge is 2.14. The van der Waals surface area contributed by atoms with Crippen LogP contribution in [0.2, 0.25) is 0 Å². The molecule has 1 N–H and O–H groups in total. The van der Waals surface area contributed by atoms with Gasteiger partial charge in [0, 0.05) is 5.39 Å². The zero-order valence-electron chi connectivity index (χ0n) is 9.78. The van der Waals surface area contributed by atoms with Gasteiger partial charge in [-0.15, -0.1) is 4.73 Å². The minimum Gasteiger partial charge on any atom is -0.497 e. The Bertz CT molecular complexity index is 910. The van der Waals surface area contributed by atoms with Crippen molar-refractivity contribution in [2.45, 2.75) is 0 Å². The van der Waals surface area contributed by atoms with Crippen molar-refractivity contribution in [1.82, 2.24) is 9.71 Å². The predicted molar refractivity (Wildman–Crippen MR) is 65.8 cm³/mol. The molecule has 0 unspecified atom stereocenters. The number of rotatable bonds is 1. The molecule has 0 aliphatic rings. The molecule has 0 aliphatic heterocycles. The second-order valence-corrected chi connectivity index (χ2v) is 3.87. The van der Waals surface area contributed by atoms with Gasteiger partial charge in [0.05, 0.1) is 12.5 Å². The summed E-state index contributed by atoms with van der Waals surface area (Å²) >= 11 is 0. The maximum absolute atomic E-state index is 11.9. The highest BCUT2D eigenvalue weighted by molar-refractivity contribution is 6.02. The second-order valence-electron chi connectivity index (χ2n) is 3.87. The van der Waals surface area contributed by atoms with E-state index in [1.165, 1.54) is 13.2 Å². The van der Waals surface area contributed by atoms with Gasteiger partial charge in [-0.3, -0.25) is 4.79 Å². The first-order valence-corrected chi connectivity index (χ1v) is 5.33. The average molecular weight is 260 g/mol. The van der Waals surface area contributed by atoms with Crippen molar-refractivity contribution in [3.05, 3.63) is 45.3 Å². The first-order valence-electron chi connectivity index (χ1n) is 5.33. The zero-order chi connectivity index (χ0) is 13.6. The van der Waals surface area contributed by atoms with Crippen molar-refractivity contribution < 1.29 is 14.4 Å². The van der Waals surface area contributed by atoms with E-state index in [4.69, 9.17) is 9.15 Å². The molecule has 0 saturated heterocycles. The number of fused-ring (bicyclic) bond motifs is 3. The third kappa shape index (κ3) is 1.55. The van der Waals surface area contributed by atoms with E-state index in [-0.39, 0.29) is 16.5 Å². The van der Waals surface area contributed by atoms with Crippen LogP contribution in [0.25, 0.3) is 21.9 Å². The smallest absolute Gasteiger partial charge is 0.363 e. The summed E-state index contributed by atoms with van der Waals surface area (Å²) in [5.41, 5.74) is -1.37. The molecule has 96 valence electrons. The number of ether oxygens (including phenoxy) is 1. The topological polar surface area (TPSA) is 94.6 Å². The maximum Gasteiger partial charge on any atom is 0.363 e. The Morgan fingerprint density at radius 1 is 1.37 bits per heavy atom. The highest BCUT2D eigenvalue weighted by atomic mass is 16.5. The van der Waals surface area contributed by atoms with E-state index >= 15 is 0 Å². The molecule has 0 radical (unpaired) electrons. The molecule has 0 saturated carbocycles. The van der Waals surface area contributed by atoms with E-state index in [0.29, 0.717) is 15.9 Å². The van der Waals surface area contributed by atoms with Gasteiger partial charge >= 0.3 is 5.63 Å². The number of benzene rings is 1. The molecule has 0 amide bonds. The summed E-state index contributed by atoms with van der Waals surface area (Å²) in [6, 6.07) is 4.66. The fourth-order valence-corrected chi connectivity index (χ4v) is 1.91. The molecule has 0 bridgehead atoms. The van der Waals surface area contributed by atoms with Crippen LogP contribution in [0, 0.1) is 0 Å². The molecule has 7 heteroatoms. The van der Waals surface area contributed by atoms with Crippen molar-refractivity contribution in [3.63, 3.8) is 0 Å². The van der Waals surface area contributed by atoms with Gasteiger partial charge in [-0.2, -0.15) is 0 Å². The molecule has 0 aliphatic carbocycles. The van der Waals surface area contributed by atoms with Crippen LogP contribution in [0.3, 0.4) is 0 Å². The van der Waals surface area contributed by atoms with E-state index in [1.54, 1.807) is 12.1 Å². The van der Waals surface area contributed by atoms with Crippen LogP contribution in [0.1, 0.15) is 0 Å². The standard InChI is InChI=1S/C12H8N2O5/c1-18-6-2-3-8-7(4-6)9-10(12(16)19-8)13-5-14(17)11(9)15/h2-5,17H,1H3. The van der Waals surface area contributed by atoms with Crippen LogP contribution in [0.15, 0.2) is 38.5 Å². The van der Waals surface area contributed by atoms with E-state index in [2.05, 4.69) is 4.98 Å². The van der Waals surface area contributed by atoms with Gasteiger partial charge < -0.3 is 14.4 Å². The number of hydrogen-bond acceptors (Lipinski definition) is 6.